The Morgan fingerprint density at radius 1 is 1.28 bits per heavy atom. The van der Waals surface area contributed by atoms with E-state index in [2.05, 4.69) is 20.4 Å². The molecule has 1 atom stereocenters. The van der Waals surface area contributed by atoms with E-state index in [-0.39, 0.29) is 42.3 Å². The third-order valence-electron chi connectivity index (χ3n) is 4.11. The van der Waals surface area contributed by atoms with E-state index in [1.807, 2.05) is 6.92 Å². The predicted octanol–water partition coefficient (Wildman–Crippen LogP) is 3.69. The summed E-state index contributed by atoms with van der Waals surface area (Å²) in [6.45, 7) is 2.41. The number of ether oxygens (including phenoxy) is 1. The van der Waals surface area contributed by atoms with Gasteiger partial charge in [0.15, 0.2) is 5.96 Å². The summed E-state index contributed by atoms with van der Waals surface area (Å²) in [6.07, 6.45) is -3.30. The van der Waals surface area contributed by atoms with Gasteiger partial charge in [0, 0.05) is 38.8 Å². The van der Waals surface area contributed by atoms with E-state index < -0.39 is 24.4 Å². The number of nitrogens with one attached hydrogen (secondary N) is 2. The molecule has 1 aliphatic rings. The lowest BCUT2D eigenvalue weighted by Gasteiger charge is -2.21. The predicted molar refractivity (Wildman–Crippen MR) is 113 cm³/mol. The van der Waals surface area contributed by atoms with Crippen LogP contribution in [0.3, 0.4) is 0 Å². The Morgan fingerprint density at radius 2 is 1.97 bits per heavy atom. The molecule has 0 radical (unpaired) electrons. The number of alkyl halides is 3. The normalized spacial score (nSPS) is 17.2. The van der Waals surface area contributed by atoms with Crippen molar-refractivity contribution in [2.45, 2.75) is 32.0 Å². The number of nitrogens with zero attached hydrogens (tertiary/aromatic N) is 2. The number of para-hydroxylation sites is 1. The standard InChI is InChI=1S/C18H25F5N4O.HI/c1-2-24-17(25-8-4-10-28-12-18(21,22)23)26-13-7-9-27(11-13)16-14(19)5-3-6-15(16)20;/h3,5-6,13H,2,4,7-12H2,1H3,(H2,24,25,26);1H. The van der Waals surface area contributed by atoms with Crippen molar-refractivity contribution >= 4 is 35.6 Å². The first kappa shape index (κ1) is 25.7. The molecule has 11 heteroatoms. The summed E-state index contributed by atoms with van der Waals surface area (Å²) in [5.41, 5.74) is -0.0319. The van der Waals surface area contributed by atoms with E-state index >= 15 is 0 Å². The fourth-order valence-corrected chi connectivity index (χ4v) is 2.93. The molecule has 0 spiro atoms. The topological polar surface area (TPSA) is 48.9 Å². The number of hydrogen-bond donors (Lipinski definition) is 2. The van der Waals surface area contributed by atoms with Gasteiger partial charge in [-0.25, -0.2) is 8.78 Å². The SMILES string of the molecule is CCNC(=NCCCOCC(F)(F)F)NC1CCN(c2c(F)cccc2F)C1.I. The highest BCUT2D eigenvalue weighted by molar-refractivity contribution is 14.0. The summed E-state index contributed by atoms with van der Waals surface area (Å²) in [6, 6.07) is 3.73. The molecule has 1 aliphatic heterocycles. The molecule has 29 heavy (non-hydrogen) atoms. The second-order valence-electron chi connectivity index (χ2n) is 6.43. The summed E-state index contributed by atoms with van der Waals surface area (Å²) in [5.74, 6) is -0.681. The first-order chi connectivity index (χ1) is 13.3. The largest absolute Gasteiger partial charge is 0.411 e. The van der Waals surface area contributed by atoms with Gasteiger partial charge < -0.3 is 20.3 Å². The van der Waals surface area contributed by atoms with Gasteiger partial charge in [0.2, 0.25) is 0 Å². The van der Waals surface area contributed by atoms with Gasteiger partial charge in [0.25, 0.3) is 0 Å². The number of aliphatic imine (C=N–C) groups is 1. The van der Waals surface area contributed by atoms with E-state index in [4.69, 9.17) is 0 Å². The van der Waals surface area contributed by atoms with Crippen LogP contribution in [-0.2, 0) is 4.74 Å². The highest BCUT2D eigenvalue weighted by Gasteiger charge is 2.28. The highest BCUT2D eigenvalue weighted by atomic mass is 127. The van der Waals surface area contributed by atoms with Crippen molar-refractivity contribution in [3.8, 4) is 0 Å². The van der Waals surface area contributed by atoms with Crippen LogP contribution >= 0.6 is 24.0 Å². The van der Waals surface area contributed by atoms with Gasteiger partial charge in [0.1, 0.15) is 23.9 Å². The molecule has 0 saturated carbocycles. The monoisotopic (exact) mass is 536 g/mol. The molecule has 166 valence electrons. The van der Waals surface area contributed by atoms with E-state index in [0.717, 1.165) is 0 Å². The van der Waals surface area contributed by atoms with Crippen LogP contribution in [0.25, 0.3) is 0 Å². The Balaban J connectivity index is 0.00000420. The molecular formula is C18H26F5IN4O. The number of halogens is 6. The van der Waals surface area contributed by atoms with Crippen molar-refractivity contribution in [2.24, 2.45) is 4.99 Å². The van der Waals surface area contributed by atoms with Gasteiger partial charge in [0.05, 0.1) is 0 Å². The first-order valence-corrected chi connectivity index (χ1v) is 9.18. The first-order valence-electron chi connectivity index (χ1n) is 9.18. The van der Waals surface area contributed by atoms with Gasteiger partial charge in [-0.3, -0.25) is 4.99 Å². The van der Waals surface area contributed by atoms with E-state index in [1.165, 1.54) is 18.2 Å². The van der Waals surface area contributed by atoms with Gasteiger partial charge >= 0.3 is 6.18 Å². The molecular weight excluding hydrogens is 510 g/mol. The molecule has 1 aromatic carbocycles. The number of rotatable bonds is 8. The average molecular weight is 536 g/mol. The maximum absolute atomic E-state index is 13.9. The third kappa shape index (κ3) is 8.89. The third-order valence-corrected chi connectivity index (χ3v) is 4.11. The molecule has 2 rings (SSSR count). The van der Waals surface area contributed by atoms with Crippen molar-refractivity contribution in [2.75, 3.05) is 44.3 Å². The Hall–Kier alpha value is -1.37. The summed E-state index contributed by atoms with van der Waals surface area (Å²) >= 11 is 0. The van der Waals surface area contributed by atoms with Gasteiger partial charge in [-0.05, 0) is 31.9 Å². The lowest BCUT2D eigenvalue weighted by molar-refractivity contribution is -0.173. The average Bonchev–Trinajstić information content (AvgIpc) is 3.05. The van der Waals surface area contributed by atoms with Crippen LogP contribution in [0.15, 0.2) is 23.2 Å². The molecule has 0 bridgehead atoms. The summed E-state index contributed by atoms with van der Waals surface area (Å²) in [4.78, 5) is 5.96. The minimum Gasteiger partial charge on any atom is -0.372 e. The smallest absolute Gasteiger partial charge is 0.372 e. The summed E-state index contributed by atoms with van der Waals surface area (Å²) < 4.78 is 68.4. The summed E-state index contributed by atoms with van der Waals surface area (Å²) in [7, 11) is 0. The molecule has 1 aromatic rings. The molecule has 1 heterocycles. The van der Waals surface area contributed by atoms with Crippen molar-refractivity contribution in [3.63, 3.8) is 0 Å². The Kier molecular flexibility index (Phi) is 10.9. The summed E-state index contributed by atoms with van der Waals surface area (Å²) in [5, 5.41) is 6.26. The lowest BCUT2D eigenvalue weighted by Crippen LogP contribution is -2.44. The molecule has 0 amide bonds. The Morgan fingerprint density at radius 3 is 2.59 bits per heavy atom. The zero-order valence-corrected chi connectivity index (χ0v) is 18.4. The maximum Gasteiger partial charge on any atom is 0.411 e. The van der Waals surface area contributed by atoms with Gasteiger partial charge in [-0.2, -0.15) is 13.2 Å². The number of anilines is 1. The number of hydrogen-bond acceptors (Lipinski definition) is 3. The molecule has 0 aromatic heterocycles. The van der Waals surface area contributed by atoms with Crippen LogP contribution in [0.2, 0.25) is 0 Å². The van der Waals surface area contributed by atoms with E-state index in [1.54, 1.807) is 4.90 Å². The molecule has 5 nitrogen and oxygen atoms in total. The second-order valence-corrected chi connectivity index (χ2v) is 6.43. The fourth-order valence-electron chi connectivity index (χ4n) is 2.93. The minimum atomic E-state index is -4.33. The Labute approximate surface area is 184 Å². The van der Waals surface area contributed by atoms with E-state index in [9.17, 15) is 22.0 Å². The van der Waals surface area contributed by atoms with Crippen molar-refractivity contribution < 1.29 is 26.7 Å². The zero-order valence-electron chi connectivity index (χ0n) is 16.1. The molecule has 1 fully saturated rings. The maximum atomic E-state index is 13.9. The van der Waals surface area contributed by atoms with Gasteiger partial charge in [-0.1, -0.05) is 6.07 Å². The molecule has 2 N–H and O–H groups in total. The van der Waals surface area contributed by atoms with Gasteiger partial charge in [-0.15, -0.1) is 24.0 Å². The fraction of sp³-hybridized carbons (Fsp3) is 0.611. The molecule has 1 saturated heterocycles. The number of benzene rings is 1. The van der Waals surface area contributed by atoms with Crippen molar-refractivity contribution in [1.29, 1.82) is 0 Å². The quantitative estimate of drug-likeness (QED) is 0.175. The van der Waals surface area contributed by atoms with Crippen LogP contribution in [-0.4, -0.2) is 57.6 Å². The van der Waals surface area contributed by atoms with Crippen LogP contribution in [0, 0.1) is 11.6 Å². The van der Waals surface area contributed by atoms with Crippen LogP contribution in [0.5, 0.6) is 0 Å². The van der Waals surface area contributed by atoms with E-state index in [0.29, 0.717) is 45.0 Å². The second kappa shape index (κ2) is 12.4. The Bertz CT molecular complexity index is 639. The minimum absolute atomic E-state index is 0. The van der Waals surface area contributed by atoms with Crippen LogP contribution < -0.4 is 15.5 Å². The zero-order chi connectivity index (χ0) is 20.6. The lowest BCUT2D eigenvalue weighted by atomic mass is 10.2. The van der Waals surface area contributed by atoms with Crippen molar-refractivity contribution in [1.82, 2.24) is 10.6 Å². The highest BCUT2D eigenvalue weighted by Crippen LogP contribution is 2.26. The number of guanidine groups is 1. The molecule has 0 aliphatic carbocycles. The molecule has 1 unspecified atom stereocenters. The van der Waals surface area contributed by atoms with Crippen molar-refractivity contribution in [3.05, 3.63) is 29.8 Å². The van der Waals surface area contributed by atoms with Crippen LogP contribution in [0.4, 0.5) is 27.6 Å². The van der Waals surface area contributed by atoms with Crippen LogP contribution in [0.1, 0.15) is 19.8 Å².